The molecular weight excluding hydrogens is 324 g/mol. The van der Waals surface area contributed by atoms with Gasteiger partial charge in [-0.25, -0.2) is 0 Å². The van der Waals surface area contributed by atoms with Crippen LogP contribution >= 0.6 is 23.4 Å². The summed E-state index contributed by atoms with van der Waals surface area (Å²) >= 11 is 6.96. The first-order valence-electron chi connectivity index (χ1n) is 6.41. The number of carbonyl (C=O) groups excluding carboxylic acids is 2. The number of allylic oxidation sites excluding steroid dienone is 1. The Labute approximate surface area is 138 Å². The fraction of sp³-hybridized carbons (Fsp3) is 0.267. The number of ether oxygens (including phenoxy) is 1. The van der Waals surface area contributed by atoms with Crippen LogP contribution in [0.15, 0.2) is 34.9 Å². The smallest absolute Gasteiger partial charge is 0.325 e. The molecule has 0 atom stereocenters. The minimum Gasteiger partial charge on any atom is -0.465 e. The summed E-state index contributed by atoms with van der Waals surface area (Å²) in [6.45, 7) is 1.87. The zero-order valence-corrected chi connectivity index (χ0v) is 13.8. The largest absolute Gasteiger partial charge is 0.465 e. The van der Waals surface area contributed by atoms with Crippen LogP contribution in [0.25, 0.3) is 0 Å². The molecule has 0 saturated carbocycles. The molecule has 5 nitrogen and oxygen atoms in total. The molecule has 0 unspecified atom stereocenters. The van der Waals surface area contributed by atoms with Crippen LogP contribution in [0.3, 0.4) is 0 Å². The van der Waals surface area contributed by atoms with E-state index >= 15 is 0 Å². The molecule has 0 saturated heterocycles. The van der Waals surface area contributed by atoms with E-state index in [1.165, 1.54) is 11.8 Å². The van der Waals surface area contributed by atoms with E-state index in [0.717, 1.165) is 0 Å². The standard InChI is InChI=1S/C15H15ClN2O3S/c1-3-21-13(19)9-18-15(22-2)12(8-17)14(20)10-4-6-11(16)7-5-10/h4-7,18H,3,9H2,1-2H3. The number of benzene rings is 1. The number of Topliss-reactive ketones (excluding diaryl/α,β-unsaturated/α-hetero) is 1. The molecule has 0 aliphatic carbocycles. The zero-order valence-electron chi connectivity index (χ0n) is 12.2. The van der Waals surface area contributed by atoms with Gasteiger partial charge in [-0.05, 0) is 37.4 Å². The van der Waals surface area contributed by atoms with Crippen LogP contribution < -0.4 is 5.32 Å². The number of esters is 1. The Morgan fingerprint density at radius 1 is 1.36 bits per heavy atom. The summed E-state index contributed by atoms with van der Waals surface area (Å²) in [6, 6.07) is 8.13. The Hall–Kier alpha value is -1.97. The molecule has 0 fully saturated rings. The average molecular weight is 339 g/mol. The first-order valence-corrected chi connectivity index (χ1v) is 8.01. The molecule has 0 amide bonds. The van der Waals surface area contributed by atoms with Crippen molar-refractivity contribution < 1.29 is 14.3 Å². The number of hydrogen-bond donors (Lipinski definition) is 1. The number of rotatable bonds is 7. The summed E-state index contributed by atoms with van der Waals surface area (Å²) in [5, 5.41) is 12.9. The van der Waals surface area contributed by atoms with Gasteiger partial charge in [-0.1, -0.05) is 11.6 Å². The predicted molar refractivity (Wildman–Crippen MR) is 86.6 cm³/mol. The highest BCUT2D eigenvalue weighted by molar-refractivity contribution is 8.02. The Bertz CT molecular complexity index is 621. The monoisotopic (exact) mass is 338 g/mol. The lowest BCUT2D eigenvalue weighted by atomic mass is 10.1. The van der Waals surface area contributed by atoms with Crippen molar-refractivity contribution in [1.29, 1.82) is 5.26 Å². The summed E-state index contributed by atoms with van der Waals surface area (Å²) in [5.74, 6) is -0.884. The van der Waals surface area contributed by atoms with Crippen molar-refractivity contribution >= 4 is 35.1 Å². The van der Waals surface area contributed by atoms with Crippen molar-refractivity contribution in [2.75, 3.05) is 19.4 Å². The number of hydrogen-bond acceptors (Lipinski definition) is 6. The molecule has 1 N–H and O–H groups in total. The van der Waals surface area contributed by atoms with Gasteiger partial charge in [0.05, 0.1) is 11.6 Å². The van der Waals surface area contributed by atoms with Crippen molar-refractivity contribution in [3.63, 3.8) is 0 Å². The van der Waals surface area contributed by atoms with Gasteiger partial charge in [-0.2, -0.15) is 5.26 Å². The first-order chi connectivity index (χ1) is 10.5. The number of carbonyl (C=O) groups is 2. The second kappa shape index (κ2) is 9.13. The molecule has 0 aromatic heterocycles. The normalized spacial score (nSPS) is 11.2. The molecule has 1 rings (SSSR count). The maximum absolute atomic E-state index is 12.4. The van der Waals surface area contributed by atoms with Crippen LogP contribution in [0.5, 0.6) is 0 Å². The second-order valence-corrected chi connectivity index (χ2v) is 5.27. The summed E-state index contributed by atoms with van der Waals surface area (Å²) in [4.78, 5) is 23.7. The third kappa shape index (κ3) is 5.10. The van der Waals surface area contributed by atoms with Gasteiger partial charge < -0.3 is 10.1 Å². The molecule has 116 valence electrons. The molecule has 0 radical (unpaired) electrons. The van der Waals surface area contributed by atoms with E-state index in [9.17, 15) is 14.9 Å². The van der Waals surface area contributed by atoms with Gasteiger partial charge in [-0.15, -0.1) is 11.8 Å². The molecule has 22 heavy (non-hydrogen) atoms. The fourth-order valence-corrected chi connectivity index (χ4v) is 2.26. The number of nitriles is 1. The quantitative estimate of drug-likeness (QED) is 0.356. The predicted octanol–water partition coefficient (Wildman–Crippen LogP) is 2.77. The second-order valence-electron chi connectivity index (χ2n) is 4.01. The van der Waals surface area contributed by atoms with Gasteiger partial charge >= 0.3 is 5.97 Å². The van der Waals surface area contributed by atoms with Gasteiger partial charge in [0, 0.05) is 10.6 Å². The van der Waals surface area contributed by atoms with E-state index in [0.29, 0.717) is 15.6 Å². The molecule has 0 heterocycles. The van der Waals surface area contributed by atoms with E-state index in [2.05, 4.69) is 5.32 Å². The van der Waals surface area contributed by atoms with Crippen LogP contribution in [0.1, 0.15) is 17.3 Å². The van der Waals surface area contributed by atoms with Gasteiger partial charge in [0.2, 0.25) is 5.78 Å². The Balaban J connectivity index is 2.97. The minimum atomic E-state index is -0.453. The highest BCUT2D eigenvalue weighted by atomic mass is 35.5. The van der Waals surface area contributed by atoms with Gasteiger partial charge in [-0.3, -0.25) is 9.59 Å². The first kappa shape index (κ1) is 18.1. The maximum Gasteiger partial charge on any atom is 0.325 e. The van der Waals surface area contributed by atoms with Gasteiger partial charge in [0.1, 0.15) is 18.2 Å². The zero-order chi connectivity index (χ0) is 16.5. The number of ketones is 1. The van der Waals surface area contributed by atoms with E-state index < -0.39 is 11.8 Å². The Morgan fingerprint density at radius 2 is 2.00 bits per heavy atom. The van der Waals surface area contributed by atoms with Crippen molar-refractivity contribution in [3.8, 4) is 6.07 Å². The SMILES string of the molecule is CCOC(=O)CNC(SC)=C(C#N)C(=O)c1ccc(Cl)cc1. The summed E-state index contributed by atoms with van der Waals surface area (Å²) in [5.41, 5.74) is 0.296. The molecule has 7 heteroatoms. The number of halogens is 1. The third-order valence-corrected chi connectivity index (χ3v) is 3.58. The molecule has 0 aliphatic heterocycles. The summed E-state index contributed by atoms with van der Waals surface area (Å²) in [6.07, 6.45) is 1.71. The number of thioether (sulfide) groups is 1. The van der Waals surface area contributed by atoms with Gasteiger partial charge in [0.25, 0.3) is 0 Å². The van der Waals surface area contributed by atoms with Crippen LogP contribution in [-0.4, -0.2) is 31.2 Å². The number of nitrogens with one attached hydrogen (secondary N) is 1. The van der Waals surface area contributed by atoms with E-state index in [1.807, 2.05) is 6.07 Å². The van der Waals surface area contributed by atoms with E-state index in [4.69, 9.17) is 16.3 Å². The number of nitrogens with zero attached hydrogens (tertiary/aromatic N) is 1. The highest BCUT2D eigenvalue weighted by Crippen LogP contribution is 2.19. The van der Waals surface area contributed by atoms with Crippen LogP contribution in [0.4, 0.5) is 0 Å². The van der Waals surface area contributed by atoms with Crippen molar-refractivity contribution in [2.45, 2.75) is 6.92 Å². The molecular formula is C15H15ClN2O3S. The van der Waals surface area contributed by atoms with Crippen LogP contribution in [-0.2, 0) is 9.53 Å². The topological polar surface area (TPSA) is 79.2 Å². The lowest BCUT2D eigenvalue weighted by molar-refractivity contribution is -0.141. The molecule has 1 aromatic carbocycles. The minimum absolute atomic E-state index is 0.0564. The molecule has 1 aromatic rings. The fourth-order valence-electron chi connectivity index (χ4n) is 1.58. The third-order valence-electron chi connectivity index (χ3n) is 2.58. The van der Waals surface area contributed by atoms with Crippen molar-refractivity contribution in [3.05, 3.63) is 45.5 Å². The van der Waals surface area contributed by atoms with Crippen LogP contribution in [0, 0.1) is 11.3 Å². The summed E-state index contributed by atoms with van der Waals surface area (Å²) in [7, 11) is 0. The van der Waals surface area contributed by atoms with E-state index in [1.54, 1.807) is 37.4 Å². The maximum atomic E-state index is 12.4. The molecule has 0 bridgehead atoms. The lowest BCUT2D eigenvalue weighted by Crippen LogP contribution is -2.25. The average Bonchev–Trinajstić information content (AvgIpc) is 2.51. The highest BCUT2D eigenvalue weighted by Gasteiger charge is 2.18. The van der Waals surface area contributed by atoms with Crippen molar-refractivity contribution in [2.24, 2.45) is 0 Å². The van der Waals surface area contributed by atoms with Crippen molar-refractivity contribution in [1.82, 2.24) is 5.32 Å². The summed E-state index contributed by atoms with van der Waals surface area (Å²) < 4.78 is 4.79. The Kier molecular flexibility index (Phi) is 7.50. The molecule has 0 aliphatic rings. The lowest BCUT2D eigenvalue weighted by Gasteiger charge is -2.10. The van der Waals surface area contributed by atoms with E-state index in [-0.39, 0.29) is 18.7 Å². The Morgan fingerprint density at radius 3 is 2.50 bits per heavy atom. The van der Waals surface area contributed by atoms with Crippen LogP contribution in [0.2, 0.25) is 5.02 Å². The molecule has 0 spiro atoms. The van der Waals surface area contributed by atoms with Gasteiger partial charge in [0.15, 0.2) is 0 Å².